The maximum absolute atomic E-state index is 5.70. The zero-order chi connectivity index (χ0) is 9.84. The molecule has 13 heavy (non-hydrogen) atoms. The first-order valence-electron chi connectivity index (χ1n) is 3.51. The van der Waals surface area contributed by atoms with Crippen molar-refractivity contribution in [1.29, 1.82) is 0 Å². The van der Waals surface area contributed by atoms with E-state index in [0.29, 0.717) is 11.6 Å². The minimum Gasteiger partial charge on any atom is -0.377 e. The summed E-state index contributed by atoms with van der Waals surface area (Å²) in [5.41, 5.74) is 2.22. The Morgan fingerprint density at radius 1 is 1.85 bits per heavy atom. The third-order valence-electron chi connectivity index (χ3n) is 1.43. The van der Waals surface area contributed by atoms with Gasteiger partial charge in [-0.3, -0.25) is 4.68 Å². The van der Waals surface area contributed by atoms with Crippen LogP contribution in [-0.4, -0.2) is 16.3 Å². The van der Waals surface area contributed by atoms with E-state index in [0.717, 1.165) is 10.3 Å². The Morgan fingerprint density at radius 2 is 2.54 bits per heavy atom. The van der Waals surface area contributed by atoms with E-state index >= 15 is 0 Å². The molecule has 0 saturated carbocycles. The summed E-state index contributed by atoms with van der Waals surface area (Å²) < 4.78 is 2.59. The van der Waals surface area contributed by atoms with Gasteiger partial charge in [-0.2, -0.15) is 5.10 Å². The van der Waals surface area contributed by atoms with Gasteiger partial charge in [0.15, 0.2) is 0 Å². The van der Waals surface area contributed by atoms with Gasteiger partial charge in [0, 0.05) is 17.6 Å². The molecule has 0 spiro atoms. The lowest BCUT2D eigenvalue weighted by atomic mass is 10.5. The van der Waals surface area contributed by atoms with E-state index in [1.807, 2.05) is 7.05 Å². The molecule has 0 amide bonds. The predicted molar refractivity (Wildman–Crippen MR) is 59.2 cm³/mol. The smallest absolute Gasteiger partial charge is 0.126 e. The molecule has 6 heteroatoms. The van der Waals surface area contributed by atoms with Crippen LogP contribution in [0.15, 0.2) is 21.4 Å². The minimum atomic E-state index is 0.495. The monoisotopic (exact) mass is 283 g/mol. The van der Waals surface area contributed by atoms with Crippen LogP contribution in [0.25, 0.3) is 0 Å². The lowest BCUT2D eigenvalue weighted by Crippen LogP contribution is -2.01. The summed E-state index contributed by atoms with van der Waals surface area (Å²) >= 11 is 14.5. The Kier molecular flexibility index (Phi) is 4.09. The Balaban J connectivity index is 2.60. The van der Waals surface area contributed by atoms with Crippen LogP contribution in [-0.2, 0) is 7.05 Å². The van der Waals surface area contributed by atoms with Gasteiger partial charge in [0.25, 0.3) is 0 Å². The summed E-state index contributed by atoms with van der Waals surface area (Å²) in [5.74, 6) is 0. The van der Waals surface area contributed by atoms with Crippen LogP contribution in [0.5, 0.6) is 0 Å². The second-order valence-corrected chi connectivity index (χ2v) is 3.84. The first-order chi connectivity index (χ1) is 6.15. The Labute approximate surface area is 94.8 Å². The topological polar surface area (TPSA) is 29.9 Å². The van der Waals surface area contributed by atoms with E-state index in [1.165, 1.54) is 5.54 Å². The van der Waals surface area contributed by atoms with Gasteiger partial charge in [0.2, 0.25) is 0 Å². The summed E-state index contributed by atoms with van der Waals surface area (Å²) in [5, 5.41) is 7.65. The van der Waals surface area contributed by atoms with Gasteiger partial charge in [-0.05, 0) is 15.9 Å². The van der Waals surface area contributed by atoms with Crippen LogP contribution in [0.3, 0.4) is 0 Å². The molecule has 0 fully saturated rings. The Hall–Kier alpha value is -0.190. The third kappa shape index (κ3) is 2.90. The van der Waals surface area contributed by atoms with Crippen LogP contribution in [0, 0.1) is 0 Å². The number of nitrogens with one attached hydrogen (secondary N) is 1. The van der Waals surface area contributed by atoms with E-state index in [9.17, 15) is 0 Å². The summed E-state index contributed by atoms with van der Waals surface area (Å²) in [6, 6.07) is 0. The maximum atomic E-state index is 5.70. The lowest BCUT2D eigenvalue weighted by molar-refractivity contribution is 0.750. The highest BCUT2D eigenvalue weighted by Crippen LogP contribution is 2.20. The molecular formula is C7H8BrCl2N3. The molecule has 0 radical (unpaired) electrons. The molecule has 0 aliphatic carbocycles. The highest BCUT2D eigenvalue weighted by Gasteiger charge is 2.03. The largest absolute Gasteiger partial charge is 0.377 e. The van der Waals surface area contributed by atoms with E-state index < -0.39 is 0 Å². The van der Waals surface area contributed by atoms with Gasteiger partial charge in [-0.15, -0.1) is 0 Å². The van der Waals surface area contributed by atoms with Crippen molar-refractivity contribution in [2.24, 2.45) is 7.05 Å². The molecule has 1 aromatic heterocycles. The van der Waals surface area contributed by atoms with Crippen LogP contribution < -0.4 is 5.32 Å². The molecular weight excluding hydrogens is 277 g/mol. The van der Waals surface area contributed by atoms with Crippen molar-refractivity contribution in [3.05, 3.63) is 21.4 Å². The average molecular weight is 285 g/mol. The zero-order valence-corrected chi connectivity index (χ0v) is 9.99. The Morgan fingerprint density at radius 3 is 3.00 bits per heavy atom. The molecule has 1 aromatic rings. The van der Waals surface area contributed by atoms with Crippen molar-refractivity contribution >= 4 is 44.8 Å². The molecule has 1 rings (SSSR count). The normalized spacial score (nSPS) is 11.8. The number of hydrogen-bond donors (Lipinski definition) is 1. The van der Waals surface area contributed by atoms with Crippen LogP contribution >= 0.6 is 39.1 Å². The number of aryl methyl sites for hydroxylation is 1. The van der Waals surface area contributed by atoms with Crippen molar-refractivity contribution < 1.29 is 0 Å². The van der Waals surface area contributed by atoms with E-state index in [2.05, 4.69) is 26.3 Å². The van der Waals surface area contributed by atoms with E-state index in [1.54, 1.807) is 10.9 Å². The van der Waals surface area contributed by atoms with Crippen molar-refractivity contribution in [2.75, 3.05) is 11.9 Å². The fourth-order valence-electron chi connectivity index (χ4n) is 0.759. The molecule has 0 bridgehead atoms. The van der Waals surface area contributed by atoms with Crippen LogP contribution in [0.1, 0.15) is 0 Å². The summed E-state index contributed by atoms with van der Waals surface area (Å²) in [6.45, 7) is 0.495. The van der Waals surface area contributed by atoms with Crippen molar-refractivity contribution in [2.45, 2.75) is 0 Å². The zero-order valence-electron chi connectivity index (χ0n) is 6.89. The number of halogens is 3. The predicted octanol–water partition coefficient (Wildman–Crippen LogP) is 2.91. The fourth-order valence-corrected chi connectivity index (χ4v) is 1.24. The second-order valence-electron chi connectivity index (χ2n) is 2.38. The average Bonchev–Trinajstić information content (AvgIpc) is 2.44. The minimum absolute atomic E-state index is 0.495. The molecule has 72 valence electrons. The molecule has 0 unspecified atom stereocenters. The Bertz CT molecular complexity index is 322. The van der Waals surface area contributed by atoms with Gasteiger partial charge >= 0.3 is 0 Å². The van der Waals surface area contributed by atoms with Gasteiger partial charge in [-0.1, -0.05) is 23.2 Å². The SMILES string of the molecule is Cn1ncc(NC/C(Cl)=C/Cl)c1Br. The van der Waals surface area contributed by atoms with Crippen molar-refractivity contribution in [3.8, 4) is 0 Å². The van der Waals surface area contributed by atoms with Gasteiger partial charge in [0.1, 0.15) is 4.60 Å². The van der Waals surface area contributed by atoms with Crippen LogP contribution in [0.2, 0.25) is 0 Å². The molecule has 0 atom stereocenters. The van der Waals surface area contributed by atoms with Gasteiger partial charge in [0.05, 0.1) is 18.4 Å². The van der Waals surface area contributed by atoms with Crippen LogP contribution in [0.4, 0.5) is 5.69 Å². The number of anilines is 1. The fraction of sp³-hybridized carbons (Fsp3) is 0.286. The lowest BCUT2D eigenvalue weighted by Gasteiger charge is -2.02. The molecule has 0 aromatic carbocycles. The highest BCUT2D eigenvalue weighted by atomic mass is 79.9. The van der Waals surface area contributed by atoms with Crippen molar-refractivity contribution in [1.82, 2.24) is 9.78 Å². The molecule has 3 nitrogen and oxygen atoms in total. The molecule has 0 aliphatic rings. The van der Waals surface area contributed by atoms with E-state index in [-0.39, 0.29) is 0 Å². The third-order valence-corrected chi connectivity index (χ3v) is 2.99. The number of aromatic nitrogens is 2. The summed E-state index contributed by atoms with van der Waals surface area (Å²) in [4.78, 5) is 0. The van der Waals surface area contributed by atoms with Gasteiger partial charge in [-0.25, -0.2) is 0 Å². The molecule has 0 saturated heterocycles. The second kappa shape index (κ2) is 4.88. The van der Waals surface area contributed by atoms with Gasteiger partial charge < -0.3 is 5.32 Å². The number of nitrogens with zero attached hydrogens (tertiary/aromatic N) is 2. The number of hydrogen-bond acceptors (Lipinski definition) is 2. The molecule has 1 N–H and O–H groups in total. The highest BCUT2D eigenvalue weighted by molar-refractivity contribution is 9.10. The molecule has 0 aliphatic heterocycles. The first-order valence-corrected chi connectivity index (χ1v) is 5.12. The number of rotatable bonds is 3. The quantitative estimate of drug-likeness (QED) is 0.925. The summed E-state index contributed by atoms with van der Waals surface area (Å²) in [6.07, 6.45) is 1.71. The molecule has 1 heterocycles. The van der Waals surface area contributed by atoms with Crippen molar-refractivity contribution in [3.63, 3.8) is 0 Å². The van der Waals surface area contributed by atoms with E-state index in [4.69, 9.17) is 23.2 Å². The summed E-state index contributed by atoms with van der Waals surface area (Å²) in [7, 11) is 1.84. The maximum Gasteiger partial charge on any atom is 0.126 e. The standard InChI is InChI=1S/C7H8BrCl2N3/c1-13-7(8)6(4-12-13)11-3-5(10)2-9/h2,4,11H,3H2,1H3/b5-2-. The first kappa shape index (κ1) is 10.9.